The van der Waals surface area contributed by atoms with Gasteiger partial charge in [0.05, 0.1) is 0 Å². The third-order valence-electron chi connectivity index (χ3n) is 3.55. The topological polar surface area (TPSA) is 15.3 Å². The molecule has 0 spiro atoms. The average Bonchev–Trinajstić information content (AvgIpc) is 2.22. The fourth-order valence-electron chi connectivity index (χ4n) is 1.67. The van der Waals surface area contributed by atoms with Crippen molar-refractivity contribution in [1.82, 2.24) is 10.2 Å². The van der Waals surface area contributed by atoms with Crippen LogP contribution in [-0.4, -0.2) is 37.6 Å². The van der Waals surface area contributed by atoms with Crippen molar-refractivity contribution in [2.75, 3.05) is 20.6 Å². The molecule has 0 heterocycles. The summed E-state index contributed by atoms with van der Waals surface area (Å²) in [4.78, 5) is 2.48. The normalized spacial score (nSPS) is 16.0. The summed E-state index contributed by atoms with van der Waals surface area (Å²) in [6.45, 7) is 10.4. The highest BCUT2D eigenvalue weighted by molar-refractivity contribution is 4.67. The van der Waals surface area contributed by atoms with E-state index < -0.39 is 0 Å². The van der Waals surface area contributed by atoms with E-state index in [4.69, 9.17) is 0 Å². The molecule has 0 aromatic heterocycles. The van der Waals surface area contributed by atoms with Crippen LogP contribution in [0.3, 0.4) is 0 Å². The Bertz CT molecular complexity index is 145. The summed E-state index contributed by atoms with van der Waals surface area (Å²) in [6, 6.07) is 1.37. The number of hydrogen-bond acceptors (Lipinski definition) is 2. The maximum Gasteiger partial charge on any atom is 0.00868 e. The van der Waals surface area contributed by atoms with Crippen molar-refractivity contribution in [3.63, 3.8) is 0 Å². The second kappa shape index (κ2) is 8.12. The first kappa shape index (κ1) is 14.9. The standard InChI is InChI=1S/C13H30N2/c1-11(2)13(4)15(6)10-8-7-9-12(3)14-5/h11-14H,7-10H2,1-6H3. The van der Waals surface area contributed by atoms with E-state index in [1.54, 1.807) is 0 Å². The predicted octanol–water partition coefficient (Wildman–Crippen LogP) is 2.74. The lowest BCUT2D eigenvalue weighted by Gasteiger charge is -2.27. The first-order chi connectivity index (χ1) is 6.99. The second-order valence-corrected chi connectivity index (χ2v) is 5.15. The molecule has 15 heavy (non-hydrogen) atoms. The first-order valence-corrected chi connectivity index (χ1v) is 6.36. The van der Waals surface area contributed by atoms with Crippen LogP contribution in [-0.2, 0) is 0 Å². The highest BCUT2D eigenvalue weighted by Gasteiger charge is 2.12. The summed E-state index contributed by atoms with van der Waals surface area (Å²) >= 11 is 0. The van der Waals surface area contributed by atoms with Gasteiger partial charge >= 0.3 is 0 Å². The molecule has 2 atom stereocenters. The van der Waals surface area contributed by atoms with Crippen LogP contribution < -0.4 is 5.32 Å². The van der Waals surface area contributed by atoms with Gasteiger partial charge in [-0.05, 0) is 53.2 Å². The van der Waals surface area contributed by atoms with Gasteiger partial charge in [-0.3, -0.25) is 0 Å². The molecule has 0 amide bonds. The maximum absolute atomic E-state index is 3.28. The Morgan fingerprint density at radius 2 is 1.67 bits per heavy atom. The number of nitrogens with one attached hydrogen (secondary N) is 1. The molecule has 92 valence electrons. The summed E-state index contributed by atoms with van der Waals surface area (Å²) in [5, 5.41) is 3.28. The predicted molar refractivity (Wildman–Crippen MR) is 69.3 cm³/mol. The summed E-state index contributed by atoms with van der Waals surface area (Å²) < 4.78 is 0. The molecule has 2 nitrogen and oxygen atoms in total. The molecule has 0 fully saturated rings. The van der Waals surface area contributed by atoms with Gasteiger partial charge in [0.25, 0.3) is 0 Å². The highest BCUT2D eigenvalue weighted by Crippen LogP contribution is 2.09. The minimum atomic E-state index is 0.665. The van der Waals surface area contributed by atoms with Gasteiger partial charge in [0.2, 0.25) is 0 Å². The minimum absolute atomic E-state index is 0.665. The summed E-state index contributed by atoms with van der Waals surface area (Å²) in [5.41, 5.74) is 0. The largest absolute Gasteiger partial charge is 0.317 e. The van der Waals surface area contributed by atoms with E-state index in [2.05, 4.69) is 45.0 Å². The molecule has 0 aliphatic heterocycles. The van der Waals surface area contributed by atoms with Crippen LogP contribution in [0.25, 0.3) is 0 Å². The molecule has 0 aromatic carbocycles. The molecule has 0 aliphatic carbocycles. The molecule has 2 heteroatoms. The van der Waals surface area contributed by atoms with Gasteiger partial charge in [0.1, 0.15) is 0 Å². The lowest BCUT2D eigenvalue weighted by molar-refractivity contribution is 0.203. The Kier molecular flexibility index (Phi) is 8.07. The van der Waals surface area contributed by atoms with E-state index in [9.17, 15) is 0 Å². The second-order valence-electron chi connectivity index (χ2n) is 5.15. The Balaban J connectivity index is 3.50. The summed E-state index contributed by atoms with van der Waals surface area (Å²) in [7, 11) is 4.28. The fraction of sp³-hybridized carbons (Fsp3) is 1.00. The molecule has 0 aromatic rings. The van der Waals surface area contributed by atoms with Crippen LogP contribution in [0.2, 0.25) is 0 Å². The molecule has 2 unspecified atom stereocenters. The lowest BCUT2D eigenvalue weighted by Crippen LogP contribution is -2.34. The van der Waals surface area contributed by atoms with E-state index >= 15 is 0 Å². The van der Waals surface area contributed by atoms with Crippen molar-refractivity contribution in [2.24, 2.45) is 5.92 Å². The van der Waals surface area contributed by atoms with Crippen molar-refractivity contribution in [3.8, 4) is 0 Å². The van der Waals surface area contributed by atoms with E-state index in [-0.39, 0.29) is 0 Å². The molecule has 0 aliphatic rings. The molecule has 0 saturated heterocycles. The van der Waals surface area contributed by atoms with Crippen LogP contribution in [0, 0.1) is 5.92 Å². The van der Waals surface area contributed by atoms with Gasteiger partial charge in [-0.15, -0.1) is 0 Å². The van der Waals surface area contributed by atoms with Crippen LogP contribution >= 0.6 is 0 Å². The van der Waals surface area contributed by atoms with Crippen molar-refractivity contribution >= 4 is 0 Å². The Morgan fingerprint density at radius 1 is 1.07 bits per heavy atom. The third-order valence-corrected chi connectivity index (χ3v) is 3.55. The number of unbranched alkanes of at least 4 members (excludes halogenated alkanes) is 1. The molecular weight excluding hydrogens is 184 g/mol. The monoisotopic (exact) mass is 214 g/mol. The van der Waals surface area contributed by atoms with E-state index in [0.29, 0.717) is 12.1 Å². The highest BCUT2D eigenvalue weighted by atomic mass is 15.1. The number of nitrogens with zero attached hydrogens (tertiary/aromatic N) is 1. The van der Waals surface area contributed by atoms with Crippen molar-refractivity contribution in [2.45, 2.75) is 59.0 Å². The Labute approximate surface area is 96.4 Å². The molecule has 1 N–H and O–H groups in total. The SMILES string of the molecule is CNC(C)CCCCN(C)C(C)C(C)C. The van der Waals surface area contributed by atoms with Gasteiger partial charge in [-0.1, -0.05) is 20.3 Å². The van der Waals surface area contributed by atoms with E-state index in [1.807, 2.05) is 7.05 Å². The molecule has 0 radical (unpaired) electrons. The molecule has 0 saturated carbocycles. The number of rotatable bonds is 8. The average molecular weight is 214 g/mol. The molecule has 0 bridgehead atoms. The number of hydrogen-bond donors (Lipinski definition) is 1. The minimum Gasteiger partial charge on any atom is -0.317 e. The van der Waals surface area contributed by atoms with Crippen LogP contribution in [0.1, 0.15) is 47.0 Å². The quantitative estimate of drug-likeness (QED) is 0.625. The van der Waals surface area contributed by atoms with Crippen molar-refractivity contribution < 1.29 is 0 Å². The van der Waals surface area contributed by atoms with Crippen molar-refractivity contribution in [1.29, 1.82) is 0 Å². The van der Waals surface area contributed by atoms with Gasteiger partial charge in [-0.2, -0.15) is 0 Å². The van der Waals surface area contributed by atoms with E-state index in [0.717, 1.165) is 5.92 Å². The zero-order valence-corrected chi connectivity index (χ0v) is 11.5. The molecule has 0 rings (SSSR count). The molecular formula is C13H30N2. The third kappa shape index (κ3) is 6.91. The smallest absolute Gasteiger partial charge is 0.00868 e. The zero-order valence-electron chi connectivity index (χ0n) is 11.5. The summed E-state index contributed by atoms with van der Waals surface area (Å²) in [5.74, 6) is 0.756. The first-order valence-electron chi connectivity index (χ1n) is 6.36. The lowest BCUT2D eigenvalue weighted by atomic mass is 10.0. The van der Waals surface area contributed by atoms with Gasteiger partial charge in [-0.25, -0.2) is 0 Å². The van der Waals surface area contributed by atoms with Crippen LogP contribution in [0.4, 0.5) is 0 Å². The Hall–Kier alpha value is -0.0800. The van der Waals surface area contributed by atoms with Crippen LogP contribution in [0.5, 0.6) is 0 Å². The zero-order chi connectivity index (χ0) is 11.8. The van der Waals surface area contributed by atoms with Crippen LogP contribution in [0.15, 0.2) is 0 Å². The fourth-order valence-corrected chi connectivity index (χ4v) is 1.67. The van der Waals surface area contributed by atoms with E-state index in [1.165, 1.54) is 25.8 Å². The summed E-state index contributed by atoms with van der Waals surface area (Å²) in [6.07, 6.45) is 3.94. The van der Waals surface area contributed by atoms with Gasteiger partial charge in [0.15, 0.2) is 0 Å². The van der Waals surface area contributed by atoms with Crippen molar-refractivity contribution in [3.05, 3.63) is 0 Å². The van der Waals surface area contributed by atoms with Gasteiger partial charge in [0, 0.05) is 12.1 Å². The van der Waals surface area contributed by atoms with Gasteiger partial charge < -0.3 is 10.2 Å². The maximum atomic E-state index is 3.28. The Morgan fingerprint density at radius 3 is 2.13 bits per heavy atom.